The first kappa shape index (κ1) is 15.6. The van der Waals surface area contributed by atoms with Crippen LogP contribution in [0.4, 0.5) is 10.5 Å². The van der Waals surface area contributed by atoms with Gasteiger partial charge in [-0.05, 0) is 38.1 Å². The lowest BCUT2D eigenvalue weighted by atomic mass is 10.4. The summed E-state index contributed by atoms with van der Waals surface area (Å²) in [7, 11) is 0. The molecule has 0 fully saturated rings. The third-order valence-electron chi connectivity index (χ3n) is 2.42. The molecule has 0 atom stereocenters. The van der Waals surface area contributed by atoms with Crippen LogP contribution in [0, 0.1) is 0 Å². The maximum Gasteiger partial charge on any atom is 0.319 e. The van der Waals surface area contributed by atoms with Gasteiger partial charge in [-0.15, -0.1) is 11.3 Å². The van der Waals surface area contributed by atoms with E-state index in [1.165, 1.54) is 11.3 Å². The second-order valence-electron chi connectivity index (χ2n) is 4.54. The van der Waals surface area contributed by atoms with Crippen molar-refractivity contribution in [3.8, 4) is 5.88 Å². The lowest BCUT2D eigenvalue weighted by molar-refractivity contribution is 0.233. The number of halogens is 1. The Morgan fingerprint density at radius 1 is 1.43 bits per heavy atom. The molecule has 5 nitrogen and oxygen atoms in total. The normalized spacial score (nSPS) is 10.5. The number of anilines is 1. The minimum atomic E-state index is -0.318. The number of hydrogen-bond donors (Lipinski definition) is 2. The first-order chi connectivity index (χ1) is 10.0. The highest BCUT2D eigenvalue weighted by Gasteiger charge is 2.10. The Morgan fingerprint density at radius 2 is 2.24 bits per heavy atom. The minimum Gasteiger partial charge on any atom is -0.473 e. The molecule has 0 aromatic carbocycles. The van der Waals surface area contributed by atoms with Crippen LogP contribution in [0.1, 0.15) is 18.7 Å². The second kappa shape index (κ2) is 7.28. The number of nitrogens with zero attached hydrogens (tertiary/aromatic N) is 1. The number of thiophene rings is 1. The molecule has 2 heterocycles. The van der Waals surface area contributed by atoms with Crippen molar-refractivity contribution in [2.75, 3.05) is 5.32 Å². The number of hydrogen-bond acceptors (Lipinski definition) is 4. The minimum absolute atomic E-state index is 0.0169. The number of carbonyl (C=O) groups is 1. The molecule has 2 amide bonds. The number of ether oxygens (including phenoxy) is 1. The van der Waals surface area contributed by atoms with Crippen LogP contribution in [0.25, 0.3) is 0 Å². The summed E-state index contributed by atoms with van der Waals surface area (Å²) < 4.78 is 6.24. The number of pyridine rings is 1. The number of urea groups is 1. The molecule has 2 aromatic heterocycles. The Morgan fingerprint density at radius 3 is 2.90 bits per heavy atom. The maximum atomic E-state index is 11.9. The van der Waals surface area contributed by atoms with Gasteiger partial charge in [-0.1, -0.05) is 11.6 Å². The Labute approximate surface area is 132 Å². The molecule has 2 aromatic rings. The summed E-state index contributed by atoms with van der Waals surface area (Å²) in [5.41, 5.74) is 0.535. The Hall–Kier alpha value is -1.79. The summed E-state index contributed by atoms with van der Waals surface area (Å²) in [5, 5.41) is 5.49. The van der Waals surface area contributed by atoms with Gasteiger partial charge in [0, 0.05) is 11.1 Å². The highest BCUT2D eigenvalue weighted by Crippen LogP contribution is 2.22. The van der Waals surface area contributed by atoms with Crippen molar-refractivity contribution in [1.29, 1.82) is 0 Å². The second-order valence-corrected chi connectivity index (χ2v) is 6.34. The SMILES string of the molecule is CC(C)Oc1ncccc1NC(=O)NCc1ccc(Cl)s1. The molecule has 21 heavy (non-hydrogen) atoms. The van der Waals surface area contributed by atoms with Gasteiger partial charge in [-0.3, -0.25) is 0 Å². The van der Waals surface area contributed by atoms with Crippen molar-refractivity contribution in [3.05, 3.63) is 39.7 Å². The fourth-order valence-corrected chi connectivity index (χ4v) is 2.61. The van der Waals surface area contributed by atoms with Crippen LogP contribution in [-0.2, 0) is 6.54 Å². The smallest absolute Gasteiger partial charge is 0.319 e. The van der Waals surface area contributed by atoms with Crippen molar-refractivity contribution in [2.24, 2.45) is 0 Å². The third kappa shape index (κ3) is 4.91. The number of aromatic nitrogens is 1. The van der Waals surface area contributed by atoms with Crippen molar-refractivity contribution in [3.63, 3.8) is 0 Å². The van der Waals surface area contributed by atoms with E-state index in [0.717, 1.165) is 4.88 Å². The molecular formula is C14H16ClN3O2S. The zero-order chi connectivity index (χ0) is 15.2. The summed E-state index contributed by atoms with van der Waals surface area (Å²) in [6.45, 7) is 4.22. The van der Waals surface area contributed by atoms with Gasteiger partial charge in [0.25, 0.3) is 0 Å². The van der Waals surface area contributed by atoms with Crippen LogP contribution in [0.2, 0.25) is 4.34 Å². The molecule has 2 rings (SSSR count). The number of carbonyl (C=O) groups excluding carboxylic acids is 1. The predicted molar refractivity (Wildman–Crippen MR) is 85.2 cm³/mol. The third-order valence-corrected chi connectivity index (χ3v) is 3.65. The molecule has 0 aliphatic carbocycles. The van der Waals surface area contributed by atoms with Crippen LogP contribution in [-0.4, -0.2) is 17.1 Å². The molecule has 0 radical (unpaired) electrons. The fourth-order valence-electron chi connectivity index (χ4n) is 1.58. The first-order valence-electron chi connectivity index (χ1n) is 6.45. The lowest BCUT2D eigenvalue weighted by Gasteiger charge is -2.13. The van der Waals surface area contributed by atoms with Crippen LogP contribution in [0.15, 0.2) is 30.5 Å². The van der Waals surface area contributed by atoms with Gasteiger partial charge in [0.1, 0.15) is 5.69 Å². The van der Waals surface area contributed by atoms with E-state index in [1.54, 1.807) is 24.4 Å². The van der Waals surface area contributed by atoms with E-state index in [2.05, 4.69) is 15.6 Å². The van der Waals surface area contributed by atoms with Crippen LogP contribution in [0.5, 0.6) is 5.88 Å². The monoisotopic (exact) mass is 325 g/mol. The van der Waals surface area contributed by atoms with Gasteiger partial charge >= 0.3 is 6.03 Å². The molecule has 0 saturated heterocycles. The topological polar surface area (TPSA) is 63.2 Å². The van der Waals surface area contributed by atoms with Gasteiger partial charge in [0.15, 0.2) is 0 Å². The molecule has 2 N–H and O–H groups in total. The lowest BCUT2D eigenvalue weighted by Crippen LogP contribution is -2.28. The Balaban J connectivity index is 1.93. The molecule has 0 saturated carbocycles. The molecule has 0 spiro atoms. The van der Waals surface area contributed by atoms with E-state index >= 15 is 0 Å². The molecule has 0 bridgehead atoms. The van der Waals surface area contributed by atoms with E-state index in [-0.39, 0.29) is 12.1 Å². The number of rotatable bonds is 5. The van der Waals surface area contributed by atoms with E-state index in [1.807, 2.05) is 19.9 Å². The maximum absolute atomic E-state index is 11.9. The summed E-state index contributed by atoms with van der Waals surface area (Å²) in [4.78, 5) is 17.0. The summed E-state index contributed by atoms with van der Waals surface area (Å²) in [6.07, 6.45) is 1.60. The highest BCUT2D eigenvalue weighted by molar-refractivity contribution is 7.16. The number of nitrogens with one attached hydrogen (secondary N) is 2. The molecule has 0 aliphatic rings. The van der Waals surface area contributed by atoms with E-state index in [9.17, 15) is 4.79 Å². The zero-order valence-corrected chi connectivity index (χ0v) is 13.3. The van der Waals surface area contributed by atoms with Crippen LogP contribution in [0.3, 0.4) is 0 Å². The first-order valence-corrected chi connectivity index (χ1v) is 7.65. The van der Waals surface area contributed by atoms with Crippen LogP contribution >= 0.6 is 22.9 Å². The molecular weight excluding hydrogens is 310 g/mol. The van der Waals surface area contributed by atoms with Crippen molar-refractivity contribution in [1.82, 2.24) is 10.3 Å². The average Bonchev–Trinajstić information content (AvgIpc) is 2.84. The van der Waals surface area contributed by atoms with Crippen molar-refractivity contribution < 1.29 is 9.53 Å². The Bertz CT molecular complexity index is 616. The zero-order valence-electron chi connectivity index (χ0n) is 11.7. The largest absolute Gasteiger partial charge is 0.473 e. The van der Waals surface area contributed by atoms with Gasteiger partial charge in [0.05, 0.1) is 17.0 Å². The van der Waals surface area contributed by atoms with Gasteiger partial charge in [0.2, 0.25) is 5.88 Å². The van der Waals surface area contributed by atoms with E-state index < -0.39 is 0 Å². The van der Waals surface area contributed by atoms with Gasteiger partial charge in [-0.25, -0.2) is 9.78 Å². The van der Waals surface area contributed by atoms with Crippen molar-refractivity contribution >= 4 is 34.7 Å². The van der Waals surface area contributed by atoms with E-state index in [0.29, 0.717) is 22.4 Å². The van der Waals surface area contributed by atoms with Crippen molar-refractivity contribution in [2.45, 2.75) is 26.5 Å². The average molecular weight is 326 g/mol. The van der Waals surface area contributed by atoms with Crippen LogP contribution < -0.4 is 15.4 Å². The van der Waals surface area contributed by atoms with E-state index in [4.69, 9.17) is 16.3 Å². The Kier molecular flexibility index (Phi) is 5.41. The number of amides is 2. The summed E-state index contributed by atoms with van der Waals surface area (Å²) in [5.74, 6) is 0.404. The fraction of sp³-hybridized carbons (Fsp3) is 0.286. The molecule has 0 unspecified atom stereocenters. The van der Waals surface area contributed by atoms with Gasteiger partial charge in [-0.2, -0.15) is 0 Å². The quantitative estimate of drug-likeness (QED) is 0.876. The predicted octanol–water partition coefficient (Wildman–Crippen LogP) is 3.91. The standard InChI is InChI=1S/C14H16ClN3O2S/c1-9(2)20-13-11(4-3-7-16-13)18-14(19)17-8-10-5-6-12(15)21-10/h3-7,9H,8H2,1-2H3,(H2,17,18,19). The summed E-state index contributed by atoms with van der Waals surface area (Å²) in [6, 6.07) is 6.84. The molecule has 7 heteroatoms. The highest BCUT2D eigenvalue weighted by atomic mass is 35.5. The van der Waals surface area contributed by atoms with Gasteiger partial charge < -0.3 is 15.4 Å². The molecule has 112 valence electrons. The molecule has 0 aliphatic heterocycles. The summed E-state index contributed by atoms with van der Waals surface area (Å²) >= 11 is 7.27.